The molecule has 12 heteroatoms. The van der Waals surface area contributed by atoms with E-state index in [4.69, 9.17) is 18.6 Å². The first kappa shape index (κ1) is 25.8. The number of pyridine rings is 1. The summed E-state index contributed by atoms with van der Waals surface area (Å²) in [5.41, 5.74) is -1.25. The van der Waals surface area contributed by atoms with Crippen LogP contribution in [0.5, 0.6) is 5.75 Å². The minimum absolute atomic E-state index is 0.0421. The van der Waals surface area contributed by atoms with Gasteiger partial charge in [-0.3, -0.25) is 4.79 Å². The lowest BCUT2D eigenvalue weighted by atomic mass is 9.95. The first-order chi connectivity index (χ1) is 17.3. The molecule has 1 amide bonds. The Morgan fingerprint density at radius 3 is 2.64 bits per heavy atom. The summed E-state index contributed by atoms with van der Waals surface area (Å²) in [5.74, 6) is -0.337. The molecule has 0 aromatic carbocycles. The number of hydrogen-bond donors (Lipinski definition) is 0. The summed E-state index contributed by atoms with van der Waals surface area (Å²) in [5, 5.41) is 0. The van der Waals surface area contributed by atoms with Crippen LogP contribution in [0.15, 0.2) is 22.9 Å². The standard InChI is InChI=1S/C24H28F3N3O6/c1-30(15-5-2-3-6-15)23(32)33-12-20-21(28-13-34-20)18-9-10-19(22(29-18)24(25,26)27)36-17-8-4-7-16(11-17)35-14-31/h9-10,13-17H,2-8,11-12H2,1H3/t16-,17-/m0/s1. The molecule has 2 aliphatic rings. The molecule has 196 valence electrons. The molecule has 2 atom stereocenters. The van der Waals surface area contributed by atoms with Crippen molar-refractivity contribution in [2.75, 3.05) is 7.05 Å². The lowest BCUT2D eigenvalue weighted by molar-refractivity contribution is -0.143. The highest BCUT2D eigenvalue weighted by Crippen LogP contribution is 2.38. The highest BCUT2D eigenvalue weighted by atomic mass is 19.4. The number of alkyl halides is 3. The molecule has 2 aromatic rings. The Hall–Kier alpha value is -3.31. The first-order valence-corrected chi connectivity index (χ1v) is 11.9. The first-order valence-electron chi connectivity index (χ1n) is 11.9. The van der Waals surface area contributed by atoms with Gasteiger partial charge >= 0.3 is 12.3 Å². The topological polar surface area (TPSA) is 104 Å². The number of rotatable bonds is 8. The number of nitrogens with zero attached hydrogens (tertiary/aromatic N) is 3. The van der Waals surface area contributed by atoms with Crippen LogP contribution in [0, 0.1) is 0 Å². The van der Waals surface area contributed by atoms with E-state index in [0.717, 1.165) is 32.1 Å². The van der Waals surface area contributed by atoms with Crippen LogP contribution in [0.2, 0.25) is 0 Å². The molecular weight excluding hydrogens is 483 g/mol. The second kappa shape index (κ2) is 11.2. The van der Waals surface area contributed by atoms with Gasteiger partial charge in [-0.05, 0) is 44.2 Å². The van der Waals surface area contributed by atoms with E-state index in [1.807, 2.05) is 0 Å². The molecule has 9 nitrogen and oxygen atoms in total. The summed E-state index contributed by atoms with van der Waals surface area (Å²) < 4.78 is 62.8. The van der Waals surface area contributed by atoms with Crippen molar-refractivity contribution in [3.8, 4) is 17.1 Å². The van der Waals surface area contributed by atoms with E-state index >= 15 is 0 Å². The van der Waals surface area contributed by atoms with Gasteiger partial charge in [0.05, 0.1) is 5.69 Å². The average Bonchev–Trinajstić information content (AvgIpc) is 3.55. The quantitative estimate of drug-likeness (QED) is 0.450. The Morgan fingerprint density at radius 1 is 1.17 bits per heavy atom. The Balaban J connectivity index is 1.49. The Bertz CT molecular complexity index is 1050. The van der Waals surface area contributed by atoms with Gasteiger partial charge in [0.1, 0.15) is 17.9 Å². The predicted molar refractivity (Wildman–Crippen MR) is 119 cm³/mol. The van der Waals surface area contributed by atoms with Crippen molar-refractivity contribution >= 4 is 12.6 Å². The largest absolute Gasteiger partial charge is 0.488 e. The number of ether oxygens (including phenoxy) is 3. The van der Waals surface area contributed by atoms with Crippen molar-refractivity contribution in [1.29, 1.82) is 0 Å². The number of carbonyl (C=O) groups excluding carboxylic acids is 2. The third kappa shape index (κ3) is 6.08. The zero-order valence-electron chi connectivity index (χ0n) is 19.8. The lowest BCUT2D eigenvalue weighted by Gasteiger charge is -2.29. The van der Waals surface area contributed by atoms with Crippen LogP contribution in [-0.2, 0) is 27.1 Å². The monoisotopic (exact) mass is 511 g/mol. The highest BCUT2D eigenvalue weighted by molar-refractivity contribution is 5.68. The van der Waals surface area contributed by atoms with Crippen molar-refractivity contribution in [3.63, 3.8) is 0 Å². The fraction of sp³-hybridized carbons (Fsp3) is 0.583. The number of halogens is 3. The fourth-order valence-corrected chi connectivity index (χ4v) is 4.72. The van der Waals surface area contributed by atoms with Crippen LogP contribution in [-0.4, -0.2) is 52.7 Å². The lowest BCUT2D eigenvalue weighted by Crippen LogP contribution is -2.35. The minimum atomic E-state index is -4.79. The fourth-order valence-electron chi connectivity index (χ4n) is 4.72. The van der Waals surface area contributed by atoms with Crippen LogP contribution >= 0.6 is 0 Å². The molecule has 2 aliphatic carbocycles. The number of carbonyl (C=O) groups is 2. The van der Waals surface area contributed by atoms with Crippen molar-refractivity contribution < 1.29 is 41.4 Å². The van der Waals surface area contributed by atoms with Crippen LogP contribution < -0.4 is 4.74 Å². The second-order valence-electron chi connectivity index (χ2n) is 9.03. The predicted octanol–water partition coefficient (Wildman–Crippen LogP) is 5.13. The van der Waals surface area contributed by atoms with E-state index in [-0.39, 0.29) is 29.8 Å². The molecule has 0 radical (unpaired) electrons. The van der Waals surface area contributed by atoms with E-state index in [2.05, 4.69) is 9.97 Å². The Morgan fingerprint density at radius 2 is 1.92 bits per heavy atom. The van der Waals surface area contributed by atoms with E-state index in [0.29, 0.717) is 32.2 Å². The van der Waals surface area contributed by atoms with Gasteiger partial charge < -0.3 is 23.5 Å². The number of oxazole rings is 1. The minimum Gasteiger partial charge on any atom is -0.488 e. The molecule has 0 aliphatic heterocycles. The van der Waals surface area contributed by atoms with Gasteiger partial charge in [0.15, 0.2) is 30.2 Å². The molecule has 0 unspecified atom stereocenters. The molecule has 0 N–H and O–H groups in total. The summed E-state index contributed by atoms with van der Waals surface area (Å²) in [4.78, 5) is 32.3. The molecule has 0 spiro atoms. The van der Waals surface area contributed by atoms with E-state index < -0.39 is 35.9 Å². The Labute approximate surface area is 205 Å². The maximum absolute atomic E-state index is 13.9. The van der Waals surface area contributed by atoms with Gasteiger partial charge in [-0.25, -0.2) is 14.8 Å². The van der Waals surface area contributed by atoms with Crippen molar-refractivity contribution in [2.45, 2.75) is 82.4 Å². The van der Waals surface area contributed by atoms with E-state index in [1.54, 1.807) is 7.05 Å². The van der Waals surface area contributed by atoms with Gasteiger partial charge in [0.25, 0.3) is 6.47 Å². The third-order valence-corrected chi connectivity index (χ3v) is 6.62. The normalized spacial score (nSPS) is 20.7. The smallest absolute Gasteiger partial charge is 0.437 e. The molecule has 2 saturated carbocycles. The second-order valence-corrected chi connectivity index (χ2v) is 9.03. The van der Waals surface area contributed by atoms with Crippen LogP contribution in [0.1, 0.15) is 62.8 Å². The number of aromatic nitrogens is 2. The molecule has 2 aromatic heterocycles. The molecule has 0 saturated heterocycles. The van der Waals surface area contributed by atoms with Gasteiger partial charge in [-0.1, -0.05) is 12.8 Å². The van der Waals surface area contributed by atoms with Crippen molar-refractivity contribution in [3.05, 3.63) is 30.0 Å². The summed E-state index contributed by atoms with van der Waals surface area (Å²) in [6, 6.07) is 2.65. The maximum atomic E-state index is 13.9. The van der Waals surface area contributed by atoms with E-state index in [9.17, 15) is 22.8 Å². The third-order valence-electron chi connectivity index (χ3n) is 6.62. The van der Waals surface area contributed by atoms with Gasteiger partial charge in [0.2, 0.25) is 0 Å². The van der Waals surface area contributed by atoms with E-state index in [1.165, 1.54) is 17.0 Å². The number of amides is 1. The summed E-state index contributed by atoms with van der Waals surface area (Å²) in [6.07, 6.45) is 0.834. The van der Waals surface area contributed by atoms with Gasteiger partial charge in [0, 0.05) is 19.5 Å². The van der Waals surface area contributed by atoms with Crippen LogP contribution in [0.4, 0.5) is 18.0 Å². The summed E-state index contributed by atoms with van der Waals surface area (Å²) in [7, 11) is 1.66. The molecule has 2 heterocycles. The van der Waals surface area contributed by atoms with Crippen LogP contribution in [0.3, 0.4) is 0 Å². The highest BCUT2D eigenvalue weighted by Gasteiger charge is 2.38. The zero-order valence-corrected chi connectivity index (χ0v) is 19.8. The van der Waals surface area contributed by atoms with Gasteiger partial charge in [-0.2, -0.15) is 13.2 Å². The van der Waals surface area contributed by atoms with Crippen LogP contribution in [0.25, 0.3) is 11.4 Å². The van der Waals surface area contributed by atoms with Gasteiger partial charge in [-0.15, -0.1) is 0 Å². The Kier molecular flexibility index (Phi) is 8.00. The molecule has 4 rings (SSSR count). The zero-order chi connectivity index (χ0) is 25.7. The molecular formula is C24H28F3N3O6. The van der Waals surface area contributed by atoms with Crippen molar-refractivity contribution in [2.24, 2.45) is 0 Å². The molecule has 0 bridgehead atoms. The SMILES string of the molecule is CN(C(=O)OCc1ocnc1-c1ccc(O[C@H]2CCC[C@H](OC=O)C2)c(C(F)(F)F)n1)C1CCCC1. The summed E-state index contributed by atoms with van der Waals surface area (Å²) in [6.45, 7) is 0.0385. The number of hydrogen-bond acceptors (Lipinski definition) is 8. The molecule has 36 heavy (non-hydrogen) atoms. The maximum Gasteiger partial charge on any atom is 0.437 e. The summed E-state index contributed by atoms with van der Waals surface area (Å²) >= 11 is 0. The average molecular weight is 511 g/mol. The van der Waals surface area contributed by atoms with Crippen molar-refractivity contribution in [1.82, 2.24) is 14.9 Å². The molecule has 2 fully saturated rings.